The summed E-state index contributed by atoms with van der Waals surface area (Å²) in [7, 11) is -3.85. The fourth-order valence-corrected chi connectivity index (χ4v) is 8.30. The van der Waals surface area contributed by atoms with E-state index in [4.69, 9.17) is 11.6 Å². The number of benzene rings is 1. The van der Waals surface area contributed by atoms with E-state index < -0.39 is 22.0 Å². The van der Waals surface area contributed by atoms with Crippen molar-refractivity contribution in [3.63, 3.8) is 0 Å². The molecule has 1 saturated heterocycles. The van der Waals surface area contributed by atoms with Crippen LogP contribution in [-0.4, -0.2) is 71.6 Å². The molecule has 2 fully saturated rings. The first-order valence-corrected chi connectivity index (χ1v) is 16.1. The zero-order chi connectivity index (χ0) is 29.4. The Balaban J connectivity index is 1.22. The van der Waals surface area contributed by atoms with Gasteiger partial charge in [-0.05, 0) is 48.9 Å². The molecule has 1 saturated carbocycles. The average Bonchev–Trinajstić information content (AvgIpc) is 3.76. The first-order valence-electron chi connectivity index (χ1n) is 13.5. The highest BCUT2D eigenvalue weighted by molar-refractivity contribution is 7.91. The number of amides is 2. The van der Waals surface area contributed by atoms with Crippen molar-refractivity contribution in [2.45, 2.75) is 29.5 Å². The number of pyridine rings is 1. The van der Waals surface area contributed by atoms with Gasteiger partial charge in [0.05, 0.1) is 5.56 Å². The van der Waals surface area contributed by atoms with Gasteiger partial charge in [0.1, 0.15) is 4.21 Å². The van der Waals surface area contributed by atoms with E-state index in [2.05, 4.69) is 15.3 Å². The normalized spacial score (nSPS) is 17.8. The maximum Gasteiger partial charge on any atom is 0.291 e. The average molecular weight is 627 g/mol. The molecule has 14 heteroatoms. The number of piperazine rings is 1. The lowest BCUT2D eigenvalue weighted by Gasteiger charge is -2.40. The maximum atomic E-state index is 13.7. The Hall–Kier alpha value is -3.65. The van der Waals surface area contributed by atoms with Gasteiger partial charge in [0.15, 0.2) is 6.20 Å². The first kappa shape index (κ1) is 28.5. The van der Waals surface area contributed by atoms with Crippen molar-refractivity contribution >= 4 is 54.9 Å². The van der Waals surface area contributed by atoms with Gasteiger partial charge in [0, 0.05) is 72.4 Å². The van der Waals surface area contributed by atoms with Gasteiger partial charge >= 0.3 is 0 Å². The molecule has 4 aromatic rings. The summed E-state index contributed by atoms with van der Waals surface area (Å²) in [6.07, 6.45) is 6.30. The number of halogens is 1. The summed E-state index contributed by atoms with van der Waals surface area (Å²) in [5, 5.41) is 16.3. The Morgan fingerprint density at radius 2 is 1.90 bits per heavy atom. The van der Waals surface area contributed by atoms with Gasteiger partial charge < -0.3 is 15.4 Å². The number of aromatic nitrogens is 3. The van der Waals surface area contributed by atoms with Crippen molar-refractivity contribution in [3.05, 3.63) is 77.1 Å². The molecule has 1 atom stereocenters. The van der Waals surface area contributed by atoms with Crippen LogP contribution in [0.1, 0.15) is 29.9 Å². The molecular weight excluding hydrogens is 600 g/mol. The Morgan fingerprint density at radius 3 is 2.64 bits per heavy atom. The third-order valence-electron chi connectivity index (χ3n) is 7.45. The van der Waals surface area contributed by atoms with Crippen molar-refractivity contribution in [1.29, 1.82) is 0 Å². The summed E-state index contributed by atoms with van der Waals surface area (Å²) in [6, 6.07) is 11.3. The fourth-order valence-electron chi connectivity index (χ4n) is 5.00. The van der Waals surface area contributed by atoms with Crippen LogP contribution in [0.4, 0.5) is 0 Å². The van der Waals surface area contributed by atoms with Crippen molar-refractivity contribution < 1.29 is 22.7 Å². The smallest absolute Gasteiger partial charge is 0.291 e. The molecule has 1 aliphatic heterocycles. The zero-order valence-electron chi connectivity index (χ0n) is 22.3. The number of sulfonamides is 1. The van der Waals surface area contributed by atoms with E-state index in [1.165, 1.54) is 22.9 Å². The zero-order valence-corrected chi connectivity index (χ0v) is 24.7. The molecule has 4 heterocycles. The molecule has 42 heavy (non-hydrogen) atoms. The van der Waals surface area contributed by atoms with Crippen LogP contribution in [0.2, 0.25) is 5.02 Å². The van der Waals surface area contributed by atoms with Gasteiger partial charge in [0.25, 0.3) is 15.9 Å². The minimum atomic E-state index is -3.85. The van der Waals surface area contributed by atoms with Gasteiger partial charge in [0.2, 0.25) is 17.4 Å². The highest BCUT2D eigenvalue weighted by atomic mass is 35.5. The summed E-state index contributed by atoms with van der Waals surface area (Å²) in [5.41, 5.74) is 0.810. The van der Waals surface area contributed by atoms with Crippen molar-refractivity contribution in [3.8, 4) is 11.3 Å². The van der Waals surface area contributed by atoms with Crippen molar-refractivity contribution in [2.75, 3.05) is 26.2 Å². The third kappa shape index (κ3) is 5.82. The fraction of sp³-hybridized carbons (Fsp3) is 0.321. The molecule has 2 aliphatic rings. The van der Waals surface area contributed by atoms with Crippen molar-refractivity contribution in [1.82, 2.24) is 24.5 Å². The minimum absolute atomic E-state index is 0.0208. The molecule has 11 nitrogen and oxygen atoms in total. The van der Waals surface area contributed by atoms with E-state index in [1.807, 2.05) is 0 Å². The number of rotatable bonds is 8. The SMILES string of the molecule is O=C(NCCC1CN(S(=O)(=O)c2cc3ccc(Cl)cc3s2)CCN1C(=O)c1ncc(-c2cccc[n+]2[O-])cn1)C1CC1. The predicted octanol–water partition coefficient (Wildman–Crippen LogP) is 3.08. The Kier molecular flexibility index (Phi) is 7.83. The van der Waals surface area contributed by atoms with Crippen LogP contribution in [0, 0.1) is 11.1 Å². The van der Waals surface area contributed by atoms with E-state index >= 15 is 0 Å². The standard InChI is InChI=1S/C28H27ClN6O5S2/c29-21-7-6-19-13-25(41-24(19)14-21)42(39,40)33-11-12-34(22(17-33)8-9-30-27(36)18-4-5-18)28(37)26-31-15-20(16-32-26)23-3-1-2-10-35(23)38/h1-3,6-7,10,13-16,18,22H,4-5,8-9,11-12,17H2,(H,30,36). The number of carbonyl (C=O) groups is 2. The molecule has 0 radical (unpaired) electrons. The Morgan fingerprint density at radius 1 is 1.12 bits per heavy atom. The monoisotopic (exact) mass is 626 g/mol. The number of nitrogens with zero attached hydrogens (tertiary/aromatic N) is 5. The van der Waals surface area contributed by atoms with Gasteiger partial charge in [-0.2, -0.15) is 9.04 Å². The molecule has 1 aliphatic carbocycles. The van der Waals surface area contributed by atoms with Gasteiger partial charge in [-0.1, -0.05) is 17.7 Å². The highest BCUT2D eigenvalue weighted by Gasteiger charge is 2.38. The number of thiophene rings is 1. The first-order chi connectivity index (χ1) is 20.2. The van der Waals surface area contributed by atoms with Crippen molar-refractivity contribution in [2.24, 2.45) is 5.92 Å². The van der Waals surface area contributed by atoms with Gasteiger partial charge in [-0.3, -0.25) is 9.59 Å². The summed E-state index contributed by atoms with van der Waals surface area (Å²) in [5.74, 6) is -0.488. The van der Waals surface area contributed by atoms with E-state index in [0.29, 0.717) is 34.0 Å². The molecule has 1 aromatic carbocycles. The summed E-state index contributed by atoms with van der Waals surface area (Å²) < 4.78 is 30.4. The highest BCUT2D eigenvalue weighted by Crippen LogP contribution is 2.34. The van der Waals surface area contributed by atoms with Crippen LogP contribution in [0.15, 0.2) is 65.3 Å². The summed E-state index contributed by atoms with van der Waals surface area (Å²) in [6.45, 7) is 0.573. The van der Waals surface area contributed by atoms with E-state index in [0.717, 1.165) is 34.3 Å². The molecule has 0 bridgehead atoms. The van der Waals surface area contributed by atoms with Crippen LogP contribution in [0.25, 0.3) is 21.3 Å². The number of hydrogen-bond donors (Lipinski definition) is 1. The maximum absolute atomic E-state index is 13.7. The Bertz CT molecular complexity index is 1760. The van der Waals surface area contributed by atoms with Crippen LogP contribution in [0.5, 0.6) is 0 Å². The van der Waals surface area contributed by atoms with Crippen LogP contribution >= 0.6 is 22.9 Å². The minimum Gasteiger partial charge on any atom is -0.618 e. The van der Waals surface area contributed by atoms with Crippen LogP contribution in [0.3, 0.4) is 0 Å². The molecule has 0 spiro atoms. The number of fused-ring (bicyclic) bond motifs is 1. The second kappa shape index (κ2) is 11.6. The largest absolute Gasteiger partial charge is 0.618 e. The third-order valence-corrected chi connectivity index (χ3v) is 11.1. The molecule has 3 aromatic heterocycles. The molecule has 6 rings (SSSR count). The molecular formula is C28H27ClN6O5S2. The topological polar surface area (TPSA) is 140 Å². The lowest BCUT2D eigenvalue weighted by atomic mass is 10.1. The van der Waals surface area contributed by atoms with Crippen LogP contribution in [-0.2, 0) is 14.8 Å². The summed E-state index contributed by atoms with van der Waals surface area (Å²) >= 11 is 7.26. The second-order valence-electron chi connectivity index (χ2n) is 10.3. The number of hydrogen-bond acceptors (Lipinski definition) is 8. The van der Waals surface area contributed by atoms with E-state index in [9.17, 15) is 23.2 Å². The Labute approximate surface area is 251 Å². The molecule has 1 unspecified atom stereocenters. The lowest BCUT2D eigenvalue weighted by Crippen LogP contribution is -2.57. The van der Waals surface area contributed by atoms with E-state index in [-0.39, 0.29) is 41.5 Å². The molecule has 2 amide bonds. The van der Waals surface area contributed by atoms with Gasteiger partial charge in [-0.15, -0.1) is 11.3 Å². The molecule has 218 valence electrons. The summed E-state index contributed by atoms with van der Waals surface area (Å²) in [4.78, 5) is 35.8. The second-order valence-corrected chi connectivity index (χ2v) is 14.0. The number of carbonyl (C=O) groups excluding carboxylic acids is 2. The number of nitrogens with one attached hydrogen (secondary N) is 1. The lowest BCUT2D eigenvalue weighted by molar-refractivity contribution is -0.593. The van der Waals surface area contributed by atoms with Gasteiger partial charge in [-0.25, -0.2) is 18.4 Å². The predicted molar refractivity (Wildman–Crippen MR) is 157 cm³/mol. The molecule has 1 N–H and O–H groups in total. The quantitative estimate of drug-likeness (QED) is 0.234. The van der Waals surface area contributed by atoms with Crippen LogP contribution < -0.4 is 10.0 Å². The van der Waals surface area contributed by atoms with E-state index in [1.54, 1.807) is 47.4 Å².